The van der Waals surface area contributed by atoms with Gasteiger partial charge in [0.2, 0.25) is 0 Å². The minimum atomic E-state index is -0.301. The molecule has 19 heavy (non-hydrogen) atoms. The van der Waals surface area contributed by atoms with Crippen LogP contribution in [-0.2, 0) is 4.74 Å². The standard InChI is InChI=1S/C15H30N2O2/c1-5-7-8-13-9-14(16-15(18)19-4)11-17(10-13)12(3)6-2/h12-14H,5-11H2,1-4H3,(H,16,18). The van der Waals surface area contributed by atoms with Gasteiger partial charge in [-0.2, -0.15) is 0 Å². The molecule has 1 fully saturated rings. The molecule has 4 nitrogen and oxygen atoms in total. The Kier molecular flexibility index (Phi) is 7.21. The molecule has 0 saturated carbocycles. The zero-order chi connectivity index (χ0) is 14.3. The van der Waals surface area contributed by atoms with Gasteiger partial charge in [-0.05, 0) is 32.1 Å². The molecule has 1 N–H and O–H groups in total. The second-order valence-corrected chi connectivity index (χ2v) is 5.79. The Morgan fingerprint density at radius 1 is 1.42 bits per heavy atom. The van der Waals surface area contributed by atoms with Crippen molar-refractivity contribution in [1.29, 1.82) is 0 Å². The van der Waals surface area contributed by atoms with E-state index in [0.717, 1.165) is 19.4 Å². The summed E-state index contributed by atoms with van der Waals surface area (Å²) < 4.78 is 4.72. The molecule has 4 heteroatoms. The van der Waals surface area contributed by atoms with E-state index in [1.807, 2.05) is 0 Å². The minimum absolute atomic E-state index is 0.233. The summed E-state index contributed by atoms with van der Waals surface area (Å²) in [5.74, 6) is 0.699. The third-order valence-electron chi connectivity index (χ3n) is 4.25. The van der Waals surface area contributed by atoms with Gasteiger partial charge in [0.15, 0.2) is 0 Å². The number of ether oxygens (including phenoxy) is 1. The van der Waals surface area contributed by atoms with Crippen LogP contribution in [0.5, 0.6) is 0 Å². The number of rotatable bonds is 6. The first kappa shape index (κ1) is 16.3. The lowest BCUT2D eigenvalue weighted by Gasteiger charge is -2.41. The summed E-state index contributed by atoms with van der Waals surface area (Å²) >= 11 is 0. The third kappa shape index (κ3) is 5.39. The van der Waals surface area contributed by atoms with Gasteiger partial charge in [-0.25, -0.2) is 4.79 Å². The molecule has 1 aliphatic rings. The van der Waals surface area contributed by atoms with Crippen LogP contribution >= 0.6 is 0 Å². The van der Waals surface area contributed by atoms with Gasteiger partial charge in [-0.1, -0.05) is 26.7 Å². The van der Waals surface area contributed by atoms with Gasteiger partial charge >= 0.3 is 6.09 Å². The highest BCUT2D eigenvalue weighted by Gasteiger charge is 2.29. The normalized spacial score (nSPS) is 25.9. The predicted octanol–water partition coefficient (Wildman–Crippen LogP) is 3.02. The lowest BCUT2D eigenvalue weighted by atomic mass is 9.89. The molecule has 0 radical (unpaired) electrons. The molecule has 0 aromatic rings. The van der Waals surface area contributed by atoms with Gasteiger partial charge in [0.25, 0.3) is 0 Å². The number of amides is 1. The van der Waals surface area contributed by atoms with Crippen LogP contribution in [0.1, 0.15) is 52.9 Å². The van der Waals surface area contributed by atoms with Gasteiger partial charge in [0.1, 0.15) is 0 Å². The van der Waals surface area contributed by atoms with Crippen LogP contribution in [0, 0.1) is 5.92 Å². The van der Waals surface area contributed by atoms with Gasteiger partial charge in [-0.3, -0.25) is 4.90 Å². The summed E-state index contributed by atoms with van der Waals surface area (Å²) in [6.07, 6.45) is 5.74. The fourth-order valence-corrected chi connectivity index (χ4v) is 2.89. The molecule has 0 aromatic heterocycles. The van der Waals surface area contributed by atoms with E-state index in [9.17, 15) is 4.79 Å². The summed E-state index contributed by atoms with van der Waals surface area (Å²) in [6.45, 7) is 8.86. The lowest BCUT2D eigenvalue weighted by molar-refractivity contribution is 0.0923. The van der Waals surface area contributed by atoms with Crippen molar-refractivity contribution in [2.45, 2.75) is 65.0 Å². The number of alkyl carbamates (subject to hydrolysis) is 1. The van der Waals surface area contributed by atoms with Crippen molar-refractivity contribution < 1.29 is 9.53 Å². The van der Waals surface area contributed by atoms with Crippen LogP contribution in [-0.4, -0.2) is 43.3 Å². The van der Waals surface area contributed by atoms with Crippen molar-refractivity contribution in [2.24, 2.45) is 5.92 Å². The fourth-order valence-electron chi connectivity index (χ4n) is 2.89. The van der Waals surface area contributed by atoms with E-state index in [0.29, 0.717) is 12.0 Å². The minimum Gasteiger partial charge on any atom is -0.453 e. The van der Waals surface area contributed by atoms with Crippen LogP contribution in [0.3, 0.4) is 0 Å². The zero-order valence-electron chi connectivity index (χ0n) is 12.9. The molecule has 0 aliphatic carbocycles. The first-order valence-electron chi connectivity index (χ1n) is 7.69. The number of nitrogens with one attached hydrogen (secondary N) is 1. The van der Waals surface area contributed by atoms with Crippen LogP contribution < -0.4 is 5.32 Å². The van der Waals surface area contributed by atoms with Crippen molar-refractivity contribution in [1.82, 2.24) is 10.2 Å². The Hall–Kier alpha value is -0.770. The van der Waals surface area contributed by atoms with E-state index in [2.05, 4.69) is 31.0 Å². The van der Waals surface area contributed by atoms with Crippen LogP contribution in [0.15, 0.2) is 0 Å². The van der Waals surface area contributed by atoms with Crippen molar-refractivity contribution in [3.05, 3.63) is 0 Å². The Morgan fingerprint density at radius 2 is 2.16 bits per heavy atom. The quantitative estimate of drug-likeness (QED) is 0.806. The highest BCUT2D eigenvalue weighted by molar-refractivity contribution is 5.67. The summed E-state index contributed by atoms with van der Waals surface area (Å²) in [5, 5.41) is 2.98. The summed E-state index contributed by atoms with van der Waals surface area (Å²) in [5.41, 5.74) is 0. The van der Waals surface area contributed by atoms with Gasteiger partial charge < -0.3 is 10.1 Å². The SMILES string of the molecule is CCCCC1CC(NC(=O)OC)CN(C(C)CC)C1. The molecule has 112 valence electrons. The highest BCUT2D eigenvalue weighted by atomic mass is 16.5. The largest absolute Gasteiger partial charge is 0.453 e. The van der Waals surface area contributed by atoms with E-state index in [4.69, 9.17) is 4.74 Å². The van der Waals surface area contributed by atoms with Gasteiger partial charge in [-0.15, -0.1) is 0 Å². The highest BCUT2D eigenvalue weighted by Crippen LogP contribution is 2.24. The number of likely N-dealkylation sites (tertiary alicyclic amines) is 1. The molecule has 1 saturated heterocycles. The maximum atomic E-state index is 11.4. The number of piperidine rings is 1. The predicted molar refractivity (Wildman–Crippen MR) is 78.3 cm³/mol. The third-order valence-corrected chi connectivity index (χ3v) is 4.25. The molecule has 3 atom stereocenters. The van der Waals surface area contributed by atoms with E-state index in [1.54, 1.807) is 0 Å². The maximum absolute atomic E-state index is 11.4. The summed E-state index contributed by atoms with van der Waals surface area (Å²) in [7, 11) is 1.43. The lowest BCUT2D eigenvalue weighted by Crippen LogP contribution is -2.53. The Morgan fingerprint density at radius 3 is 2.74 bits per heavy atom. The van der Waals surface area contributed by atoms with E-state index < -0.39 is 0 Å². The van der Waals surface area contributed by atoms with Crippen LogP contribution in [0.25, 0.3) is 0 Å². The number of carbonyl (C=O) groups excluding carboxylic acids is 1. The average molecular weight is 270 g/mol. The van der Waals surface area contributed by atoms with E-state index >= 15 is 0 Å². The monoisotopic (exact) mass is 270 g/mol. The second kappa shape index (κ2) is 8.41. The number of hydrogen-bond acceptors (Lipinski definition) is 3. The van der Waals surface area contributed by atoms with Crippen LogP contribution in [0.2, 0.25) is 0 Å². The fraction of sp³-hybridized carbons (Fsp3) is 0.933. The zero-order valence-corrected chi connectivity index (χ0v) is 12.9. The first-order valence-corrected chi connectivity index (χ1v) is 7.69. The molecule has 0 aromatic carbocycles. The molecule has 3 unspecified atom stereocenters. The molecule has 1 rings (SSSR count). The van der Waals surface area contributed by atoms with Crippen molar-refractivity contribution in [2.75, 3.05) is 20.2 Å². The second-order valence-electron chi connectivity index (χ2n) is 5.79. The number of carbonyl (C=O) groups is 1. The Balaban J connectivity index is 2.57. The van der Waals surface area contributed by atoms with Gasteiger partial charge in [0, 0.05) is 25.2 Å². The molecule has 1 heterocycles. The number of unbranched alkanes of at least 4 members (excludes halogenated alkanes) is 1. The summed E-state index contributed by atoms with van der Waals surface area (Å²) in [4.78, 5) is 13.9. The van der Waals surface area contributed by atoms with Crippen molar-refractivity contribution >= 4 is 6.09 Å². The maximum Gasteiger partial charge on any atom is 0.407 e. The Bertz CT molecular complexity index is 271. The molecule has 0 spiro atoms. The van der Waals surface area contributed by atoms with E-state index in [-0.39, 0.29) is 12.1 Å². The molecule has 1 aliphatic heterocycles. The van der Waals surface area contributed by atoms with Crippen molar-refractivity contribution in [3.63, 3.8) is 0 Å². The average Bonchev–Trinajstić information content (AvgIpc) is 2.43. The van der Waals surface area contributed by atoms with Gasteiger partial charge in [0.05, 0.1) is 7.11 Å². The van der Waals surface area contributed by atoms with Crippen LogP contribution in [0.4, 0.5) is 4.79 Å². The number of methoxy groups -OCH3 is 1. The topological polar surface area (TPSA) is 41.6 Å². The van der Waals surface area contributed by atoms with E-state index in [1.165, 1.54) is 32.9 Å². The molecular formula is C15H30N2O2. The molecule has 1 amide bonds. The smallest absolute Gasteiger partial charge is 0.407 e. The summed E-state index contributed by atoms with van der Waals surface area (Å²) in [6, 6.07) is 0.823. The molecule has 0 bridgehead atoms. The number of hydrogen-bond donors (Lipinski definition) is 1. The Labute approximate surface area is 117 Å². The number of nitrogens with zero attached hydrogens (tertiary/aromatic N) is 1. The van der Waals surface area contributed by atoms with Crippen molar-refractivity contribution in [3.8, 4) is 0 Å². The first-order chi connectivity index (χ1) is 9.10. The molecular weight excluding hydrogens is 240 g/mol.